The number of nitrogens with zero attached hydrogens (tertiary/aromatic N) is 4. The van der Waals surface area contributed by atoms with E-state index >= 15 is 0 Å². The van der Waals surface area contributed by atoms with Gasteiger partial charge in [-0.05, 0) is 12.3 Å². The van der Waals surface area contributed by atoms with E-state index in [-0.39, 0.29) is 0 Å². The third-order valence-corrected chi connectivity index (χ3v) is 3.22. The third-order valence-electron chi connectivity index (χ3n) is 3.22. The summed E-state index contributed by atoms with van der Waals surface area (Å²) in [7, 11) is 5.58. The van der Waals surface area contributed by atoms with E-state index < -0.39 is 0 Å². The van der Waals surface area contributed by atoms with Crippen LogP contribution in [0.5, 0.6) is 6.01 Å². The highest BCUT2D eigenvalue weighted by Gasteiger charge is 2.11. The van der Waals surface area contributed by atoms with Gasteiger partial charge >= 0.3 is 6.01 Å². The molecule has 1 unspecified atom stereocenters. The Kier molecular flexibility index (Phi) is 7.04. The molecule has 6 nitrogen and oxygen atoms in total. The lowest BCUT2D eigenvalue weighted by molar-refractivity contribution is 0.217. The lowest BCUT2D eigenvalue weighted by Gasteiger charge is -2.16. The van der Waals surface area contributed by atoms with Gasteiger partial charge in [-0.15, -0.1) is 0 Å². The molecule has 0 aliphatic carbocycles. The Morgan fingerprint density at radius 1 is 1.20 bits per heavy atom. The van der Waals surface area contributed by atoms with Gasteiger partial charge in [-0.3, -0.25) is 0 Å². The second-order valence-electron chi connectivity index (χ2n) is 5.11. The van der Waals surface area contributed by atoms with Crippen LogP contribution in [0.2, 0.25) is 0 Å². The minimum absolute atomic E-state index is 0.392. The van der Waals surface area contributed by atoms with Crippen LogP contribution >= 0.6 is 0 Å². The van der Waals surface area contributed by atoms with E-state index in [1.165, 1.54) is 19.3 Å². The predicted molar refractivity (Wildman–Crippen MR) is 82.5 cm³/mol. The van der Waals surface area contributed by atoms with Crippen LogP contribution in [-0.4, -0.2) is 42.7 Å². The monoisotopic (exact) mass is 281 g/mol. The van der Waals surface area contributed by atoms with Gasteiger partial charge in [0.1, 0.15) is 0 Å². The summed E-state index contributed by atoms with van der Waals surface area (Å²) in [5, 5.41) is 2.93. The van der Waals surface area contributed by atoms with E-state index in [0.29, 0.717) is 30.4 Å². The Labute approximate surface area is 122 Å². The fourth-order valence-electron chi connectivity index (χ4n) is 1.81. The zero-order chi connectivity index (χ0) is 15.0. The number of rotatable bonds is 9. The van der Waals surface area contributed by atoms with Crippen molar-refractivity contribution in [2.45, 2.75) is 39.5 Å². The van der Waals surface area contributed by atoms with E-state index in [1.807, 2.05) is 19.0 Å². The van der Waals surface area contributed by atoms with Crippen LogP contribution in [0.1, 0.15) is 39.5 Å². The van der Waals surface area contributed by atoms with Gasteiger partial charge in [0.15, 0.2) is 0 Å². The smallest absolute Gasteiger partial charge is 0.323 e. The molecule has 1 aromatic heterocycles. The SMILES string of the molecule is CCCCC(CC)COc1nc(NC)nc(N(C)C)n1. The molecule has 0 saturated carbocycles. The van der Waals surface area contributed by atoms with Crippen LogP contribution in [0.25, 0.3) is 0 Å². The van der Waals surface area contributed by atoms with Crippen molar-refractivity contribution in [1.82, 2.24) is 15.0 Å². The van der Waals surface area contributed by atoms with E-state index in [0.717, 1.165) is 6.42 Å². The van der Waals surface area contributed by atoms with Crippen LogP contribution in [-0.2, 0) is 0 Å². The molecule has 0 aliphatic heterocycles. The highest BCUT2D eigenvalue weighted by Crippen LogP contribution is 2.16. The van der Waals surface area contributed by atoms with Crippen molar-refractivity contribution in [2.24, 2.45) is 5.92 Å². The first kappa shape index (κ1) is 16.5. The van der Waals surface area contributed by atoms with Gasteiger partial charge in [0.05, 0.1) is 6.61 Å². The van der Waals surface area contributed by atoms with Crippen molar-refractivity contribution in [1.29, 1.82) is 0 Å². The fourth-order valence-corrected chi connectivity index (χ4v) is 1.81. The Morgan fingerprint density at radius 3 is 2.50 bits per heavy atom. The summed E-state index contributed by atoms with van der Waals surface area (Å²) in [6, 6.07) is 0.392. The van der Waals surface area contributed by atoms with Crippen molar-refractivity contribution in [3.05, 3.63) is 0 Å². The first-order valence-corrected chi connectivity index (χ1v) is 7.34. The van der Waals surface area contributed by atoms with Crippen LogP contribution in [0.3, 0.4) is 0 Å². The van der Waals surface area contributed by atoms with Gasteiger partial charge in [-0.2, -0.15) is 15.0 Å². The van der Waals surface area contributed by atoms with Gasteiger partial charge in [0.2, 0.25) is 11.9 Å². The predicted octanol–water partition coefficient (Wildman–Crippen LogP) is 2.57. The van der Waals surface area contributed by atoms with Crippen LogP contribution in [0.4, 0.5) is 11.9 Å². The van der Waals surface area contributed by atoms with Crippen LogP contribution < -0.4 is 15.0 Å². The molecule has 0 amide bonds. The minimum Gasteiger partial charge on any atom is -0.463 e. The Bertz CT molecular complexity index is 397. The summed E-state index contributed by atoms with van der Waals surface area (Å²) in [4.78, 5) is 14.6. The molecular weight excluding hydrogens is 254 g/mol. The lowest BCUT2D eigenvalue weighted by Crippen LogP contribution is -2.17. The highest BCUT2D eigenvalue weighted by atomic mass is 16.5. The molecule has 0 fully saturated rings. The maximum Gasteiger partial charge on any atom is 0.323 e. The molecule has 0 saturated heterocycles. The summed E-state index contributed by atoms with van der Waals surface area (Å²) < 4.78 is 5.76. The summed E-state index contributed by atoms with van der Waals surface area (Å²) in [5.74, 6) is 1.69. The standard InChI is InChI=1S/C14H27N5O/c1-6-8-9-11(7-2)10-20-14-17-12(15-3)16-13(18-14)19(4)5/h11H,6-10H2,1-5H3,(H,15,16,17,18). The zero-order valence-electron chi connectivity index (χ0n) is 13.3. The second kappa shape index (κ2) is 8.55. The highest BCUT2D eigenvalue weighted by molar-refractivity contribution is 5.36. The van der Waals surface area contributed by atoms with E-state index in [1.54, 1.807) is 7.05 Å². The molecule has 0 spiro atoms. The van der Waals surface area contributed by atoms with Crippen molar-refractivity contribution in [3.63, 3.8) is 0 Å². The molecule has 0 bridgehead atoms. The average molecular weight is 281 g/mol. The number of aromatic nitrogens is 3. The maximum atomic E-state index is 5.76. The third kappa shape index (κ3) is 5.19. The largest absolute Gasteiger partial charge is 0.463 e. The van der Waals surface area contributed by atoms with Gasteiger partial charge in [0.25, 0.3) is 0 Å². The normalized spacial score (nSPS) is 12.1. The number of hydrogen-bond acceptors (Lipinski definition) is 6. The second-order valence-corrected chi connectivity index (χ2v) is 5.11. The van der Waals surface area contributed by atoms with Gasteiger partial charge in [-0.1, -0.05) is 33.1 Å². The summed E-state index contributed by atoms with van der Waals surface area (Å²) in [6.45, 7) is 5.07. The van der Waals surface area contributed by atoms with E-state index in [4.69, 9.17) is 4.74 Å². The molecule has 6 heteroatoms. The van der Waals surface area contributed by atoms with Crippen LogP contribution in [0.15, 0.2) is 0 Å². The first-order valence-electron chi connectivity index (χ1n) is 7.34. The molecule has 114 valence electrons. The Balaban J connectivity index is 2.68. The number of hydrogen-bond donors (Lipinski definition) is 1. The summed E-state index contributed by atoms with van der Waals surface area (Å²) >= 11 is 0. The van der Waals surface area contributed by atoms with E-state index in [2.05, 4.69) is 34.1 Å². The maximum absolute atomic E-state index is 5.76. The molecular formula is C14H27N5O. The molecule has 1 N–H and O–H groups in total. The zero-order valence-corrected chi connectivity index (χ0v) is 13.3. The van der Waals surface area contributed by atoms with Crippen LogP contribution in [0, 0.1) is 5.92 Å². The molecule has 1 atom stereocenters. The quantitative estimate of drug-likeness (QED) is 0.750. The number of ether oxygens (including phenoxy) is 1. The number of anilines is 2. The summed E-state index contributed by atoms with van der Waals surface area (Å²) in [5.41, 5.74) is 0. The van der Waals surface area contributed by atoms with Crippen molar-refractivity contribution >= 4 is 11.9 Å². The lowest BCUT2D eigenvalue weighted by atomic mass is 10.0. The summed E-state index contributed by atoms with van der Waals surface area (Å²) in [6.07, 6.45) is 4.77. The number of unbranched alkanes of at least 4 members (excludes halogenated alkanes) is 1. The average Bonchev–Trinajstić information content (AvgIpc) is 2.47. The van der Waals surface area contributed by atoms with Crippen molar-refractivity contribution in [3.8, 4) is 6.01 Å². The molecule has 1 heterocycles. The number of nitrogens with one attached hydrogen (secondary N) is 1. The molecule has 0 radical (unpaired) electrons. The molecule has 1 aromatic rings. The van der Waals surface area contributed by atoms with Gasteiger partial charge in [-0.25, -0.2) is 0 Å². The Hall–Kier alpha value is -1.59. The fraction of sp³-hybridized carbons (Fsp3) is 0.786. The van der Waals surface area contributed by atoms with Crippen molar-refractivity contribution in [2.75, 3.05) is 38.0 Å². The molecule has 20 heavy (non-hydrogen) atoms. The Morgan fingerprint density at radius 2 is 1.95 bits per heavy atom. The first-order chi connectivity index (χ1) is 9.60. The van der Waals surface area contributed by atoms with Gasteiger partial charge < -0.3 is 15.0 Å². The van der Waals surface area contributed by atoms with Gasteiger partial charge in [0, 0.05) is 21.1 Å². The van der Waals surface area contributed by atoms with Crippen molar-refractivity contribution < 1.29 is 4.74 Å². The minimum atomic E-state index is 0.392. The molecule has 0 aromatic carbocycles. The molecule has 0 aliphatic rings. The van der Waals surface area contributed by atoms with E-state index in [9.17, 15) is 0 Å². The molecule has 1 rings (SSSR count). The topological polar surface area (TPSA) is 63.2 Å².